The maximum absolute atomic E-state index is 13.1. The van der Waals surface area contributed by atoms with E-state index in [1.807, 2.05) is 20.8 Å². The Hall–Kier alpha value is -10.7. The number of nitrogens with zero attached hydrogens (tertiary/aromatic N) is 11. The summed E-state index contributed by atoms with van der Waals surface area (Å²) in [4.78, 5) is 169. The van der Waals surface area contributed by atoms with Crippen LogP contribution in [0.1, 0.15) is 158 Å². The van der Waals surface area contributed by atoms with Crippen molar-refractivity contribution in [1.82, 2.24) is 59.4 Å². The molecule has 7 saturated carbocycles. The van der Waals surface area contributed by atoms with Crippen molar-refractivity contribution in [2.75, 3.05) is 25.2 Å². The smallest absolute Gasteiger partial charge is 0.411 e. The van der Waals surface area contributed by atoms with Gasteiger partial charge >= 0.3 is 48.0 Å². The molecule has 3 aliphatic heterocycles. The van der Waals surface area contributed by atoms with Crippen molar-refractivity contribution < 1.29 is 101 Å². The zero-order valence-electron chi connectivity index (χ0n) is 68.1. The number of esters is 3. The number of carboxylic acids is 3. The summed E-state index contributed by atoms with van der Waals surface area (Å²) in [5, 5.41) is 45.5. The van der Waals surface area contributed by atoms with Crippen molar-refractivity contribution in [3.8, 4) is 0 Å². The number of carbonyl (C=O) groups excluding carboxylic acids is 10. The van der Waals surface area contributed by atoms with Gasteiger partial charge in [0.15, 0.2) is 45.9 Å². The van der Waals surface area contributed by atoms with Crippen molar-refractivity contribution in [2.45, 2.75) is 194 Å². The molecule has 4 N–H and O–H groups in total. The maximum Gasteiger partial charge on any atom is 0.411 e. The monoisotopic (exact) mass is 1730 g/mol. The number of carbonyl (C=O) groups is 13. The van der Waals surface area contributed by atoms with Crippen molar-refractivity contribution in [3.05, 3.63) is 123 Å². The van der Waals surface area contributed by atoms with Gasteiger partial charge in [0.1, 0.15) is 85.9 Å². The molecule has 6 aromatic rings. The second-order valence-electron chi connectivity index (χ2n) is 33.0. The number of halogens is 2. The molecule has 16 rings (SSSR count). The van der Waals surface area contributed by atoms with Crippen LogP contribution in [0, 0.1) is 65.1 Å². The number of rotatable bonds is 23. The van der Waals surface area contributed by atoms with E-state index >= 15 is 0 Å². The Morgan fingerprint density at radius 1 is 0.479 bits per heavy atom. The van der Waals surface area contributed by atoms with Crippen LogP contribution in [0.5, 0.6) is 0 Å². The highest BCUT2D eigenvalue weighted by Gasteiger charge is 2.61. The minimum atomic E-state index is -1.02. The highest BCUT2D eigenvalue weighted by Crippen LogP contribution is 2.60. The van der Waals surface area contributed by atoms with Crippen LogP contribution in [-0.4, -0.2) is 219 Å². The Morgan fingerprint density at radius 3 is 1.24 bits per heavy atom. The molecule has 17 atom stereocenters. The van der Waals surface area contributed by atoms with Crippen molar-refractivity contribution in [3.63, 3.8) is 0 Å². The molecule has 10 fully saturated rings. The molecule has 35 heteroatoms. The highest BCUT2D eigenvalue weighted by atomic mass is 79.9. The first-order valence-electron chi connectivity index (χ1n) is 39.4. The first kappa shape index (κ1) is 92.1. The van der Waals surface area contributed by atoms with Gasteiger partial charge in [-0.05, 0) is 184 Å². The van der Waals surface area contributed by atoms with Gasteiger partial charge in [-0.15, -0.1) is 19.0 Å². The number of amides is 2. The fraction of sp³-hybridized carbons (Fsp3) is 0.536. The summed E-state index contributed by atoms with van der Waals surface area (Å²) >= 11 is 3.13. The summed E-state index contributed by atoms with van der Waals surface area (Å²) < 4.78 is 29.9. The van der Waals surface area contributed by atoms with Gasteiger partial charge in [-0.3, -0.25) is 53.0 Å². The number of piperidine rings is 3. The normalized spacial score (nSPS) is 25.7. The average molecular weight is 1730 g/mol. The van der Waals surface area contributed by atoms with E-state index in [0.717, 1.165) is 43.4 Å². The van der Waals surface area contributed by atoms with E-state index in [0.29, 0.717) is 101 Å². The van der Waals surface area contributed by atoms with Gasteiger partial charge in [-0.25, -0.2) is 48.2 Å². The summed E-state index contributed by atoms with van der Waals surface area (Å²) in [7, 11) is 0. The van der Waals surface area contributed by atoms with Gasteiger partial charge in [-0.1, -0.05) is 60.0 Å². The number of fused-ring (bicyclic) bond motifs is 8. The molecule has 3 saturated heterocycles. The van der Waals surface area contributed by atoms with Gasteiger partial charge in [0.2, 0.25) is 0 Å². The Morgan fingerprint density at radius 2 is 0.866 bits per heavy atom. The summed E-state index contributed by atoms with van der Waals surface area (Å²) in [6.07, 6.45) is 18.8. The van der Waals surface area contributed by atoms with Crippen LogP contribution < -0.4 is 5.32 Å². The Balaban J connectivity index is 0.000000164. The number of allylic oxidation sites excluding steroid dienone is 1. The van der Waals surface area contributed by atoms with Crippen molar-refractivity contribution >= 4 is 138 Å². The van der Waals surface area contributed by atoms with Gasteiger partial charge in [0.25, 0.3) is 0 Å². The summed E-state index contributed by atoms with van der Waals surface area (Å²) in [6, 6.07) is 9.96. The molecule has 0 spiro atoms. The molecular weight excluding hydrogens is 1630 g/mol. The molecule has 119 heavy (non-hydrogen) atoms. The van der Waals surface area contributed by atoms with Crippen molar-refractivity contribution in [1.29, 1.82) is 0 Å². The molecule has 10 aliphatic rings. The third-order valence-corrected chi connectivity index (χ3v) is 22.4. The van der Waals surface area contributed by atoms with Gasteiger partial charge in [-0.2, -0.15) is 15.3 Å². The number of likely N-dealkylation sites (tertiary alicyclic amines) is 2. The SMILES string of the molecule is C=CCBr.C=CCOC(=O)[C@@H]1C[C@H]2C[C@H]2C1C(=O)Cn1nc(C(C)=O)c2cccnc21.C=CCOC(=O)[C@@H]1C[C@H]2C[C@H]2N1.C=CCOC(=O)[C@@H]1C[C@H]2C[C@H]2N1C(=O)OC(C)(C)C.CC(=O)c1nn(CC(=O)C2[C@H](C(=O)O)C[C@H]3C[C@@H]23)c2ncccc12.CC(=O)c1nn(CC(=O)O)c2ncccc12.CC(C)(C)OC(=O)N1[C@@H]2C[C@@H]2C[C@H]1C(=O)O.Cl. The molecular formula is C84H104BrClN12O21. The third kappa shape index (κ3) is 23.0. The first-order chi connectivity index (χ1) is 55.9. The van der Waals surface area contributed by atoms with Gasteiger partial charge in [0.05, 0.1) is 28.0 Å². The lowest BCUT2D eigenvalue weighted by Crippen LogP contribution is -2.46. The minimum Gasteiger partial charge on any atom is -0.481 e. The third-order valence-electron chi connectivity index (χ3n) is 21.9. The average Bonchev–Trinajstić information content (AvgIpc) is 1.59. The molecule has 0 aromatic carbocycles. The molecule has 9 heterocycles. The number of hydrogen-bond donors (Lipinski definition) is 4. The van der Waals surface area contributed by atoms with E-state index in [1.165, 1.54) is 64.5 Å². The number of alkyl halides is 1. The Bertz CT molecular complexity index is 4880. The lowest BCUT2D eigenvalue weighted by molar-refractivity contribution is -0.151. The number of nitrogens with one attached hydrogen (secondary N) is 1. The zero-order valence-corrected chi connectivity index (χ0v) is 70.5. The van der Waals surface area contributed by atoms with Crippen LogP contribution >= 0.6 is 28.3 Å². The van der Waals surface area contributed by atoms with E-state index < -0.39 is 71.1 Å². The zero-order chi connectivity index (χ0) is 86.1. The number of hydrogen-bond acceptors (Lipinski definition) is 25. The molecule has 6 aromatic heterocycles. The van der Waals surface area contributed by atoms with Crippen LogP contribution in [0.3, 0.4) is 0 Å². The van der Waals surface area contributed by atoms with E-state index in [2.05, 4.69) is 77.8 Å². The lowest BCUT2D eigenvalue weighted by atomic mass is 9.87. The van der Waals surface area contributed by atoms with Crippen LogP contribution in [-0.2, 0) is 81.7 Å². The Labute approximate surface area is 702 Å². The summed E-state index contributed by atoms with van der Waals surface area (Å²) in [5.41, 5.74) is 1.12. The van der Waals surface area contributed by atoms with Crippen LogP contribution in [0.25, 0.3) is 33.1 Å². The fourth-order valence-corrected chi connectivity index (χ4v) is 16.4. The fourth-order valence-electron chi connectivity index (χ4n) is 16.4. The van der Waals surface area contributed by atoms with Crippen LogP contribution in [0.15, 0.2) is 106 Å². The number of pyridine rings is 3. The van der Waals surface area contributed by atoms with Gasteiger partial charge < -0.3 is 44.3 Å². The Kier molecular flexibility index (Phi) is 30.5. The second-order valence-corrected chi connectivity index (χ2v) is 33.7. The number of carboxylic acid groups (broad SMARTS) is 3. The number of aromatic nitrogens is 9. The van der Waals surface area contributed by atoms with E-state index in [1.54, 1.807) is 86.6 Å². The molecule has 2 unspecified atom stereocenters. The van der Waals surface area contributed by atoms with Crippen molar-refractivity contribution in [2.24, 2.45) is 65.1 Å². The van der Waals surface area contributed by atoms with E-state index in [-0.39, 0.29) is 139 Å². The number of ether oxygens (including phenoxy) is 5. The second kappa shape index (κ2) is 39.4. The standard InChI is InChI=1S/C20H21N3O4.C17H17N3O4.C14H21NO4.C11H17NO4.C10H9N3O3.C9H13NO2.C3H5Br.ClH/c1-3-7-27-20(26)15-9-12-8-14(12)17(15)16(25)10-23-19-13(5-4-6-21-19)18(22-23)11(2)24;1-8(21)15-10-3-2-4-18-16(10)20(19-15)7-13(22)14-11-5-9(11)6-12(14)17(23)24;1-5-6-18-12(16)11-8-9-7-10(9)15(11)13(17)19-14(2,3)4;1-11(2,3)16-10(15)12-7-4-6(7)5-8(12)9(13)14;1-6(14)9-7-3-2-4-11-10(7)13(12-9)5-8(15)16;1-2-3-12-9(11)8-5-6-4-7(6)10-8;1-2-3-4;/h3-6,12,14-15,17H,1,7-10H2,2H3;2-4,9,11-12,14H,5-7H2,1H3,(H,23,24);5,9-11H,1,6-8H2,2-4H3;6-8H,4-5H2,1-3H3,(H,13,14);2-4H,5H2,1H3,(H,15,16);2,6-8,10H,1,3-5H2;2H,1,3H2;1H/t12-,14-,15-,17?;9-,11-,12-,14?;9-,10-,11+;6-,7-,8+;;6-,7-,8+;;/m1111.1../s1. The maximum atomic E-state index is 13.1. The van der Waals surface area contributed by atoms with Crippen LogP contribution in [0.2, 0.25) is 0 Å². The largest absolute Gasteiger partial charge is 0.481 e. The quantitative estimate of drug-likeness (QED) is 0.0152. The van der Waals surface area contributed by atoms with E-state index in [4.69, 9.17) is 33.9 Å². The molecule has 0 radical (unpaired) electrons. The number of Topliss-reactive ketones (excluding diaryl/α,β-unsaturated/α-hetero) is 5. The van der Waals surface area contributed by atoms with Gasteiger partial charge in [0, 0.05) is 74.7 Å². The first-order valence-corrected chi connectivity index (χ1v) is 40.5. The molecule has 33 nitrogen and oxygen atoms in total. The topological polar surface area (TPSA) is 439 Å². The predicted molar refractivity (Wildman–Crippen MR) is 437 cm³/mol. The summed E-state index contributed by atoms with van der Waals surface area (Å²) in [5.74, 6) is -3.41. The molecule has 7 aliphatic carbocycles. The predicted octanol–water partition coefficient (Wildman–Crippen LogP) is 10.5. The number of aliphatic carboxylic acids is 3. The van der Waals surface area contributed by atoms with E-state index in [9.17, 15) is 67.4 Å². The molecule has 640 valence electrons. The molecule has 0 bridgehead atoms. The minimum absolute atomic E-state index is 0. The molecule has 2 amide bonds. The van der Waals surface area contributed by atoms with Crippen LogP contribution in [0.4, 0.5) is 9.59 Å². The highest BCUT2D eigenvalue weighted by molar-refractivity contribution is 9.09. The summed E-state index contributed by atoms with van der Waals surface area (Å²) in [6.45, 7) is 29.3. The lowest BCUT2D eigenvalue weighted by Gasteiger charge is -2.29. The number of ketones is 5.